The number of hydrogen-bond acceptors (Lipinski definition) is 2. The second-order valence-corrected chi connectivity index (χ2v) is 12.5. The van der Waals surface area contributed by atoms with Crippen LogP contribution in [-0.2, 0) is 4.79 Å². The lowest BCUT2D eigenvalue weighted by molar-refractivity contribution is -0.160. The lowest BCUT2D eigenvalue weighted by Crippen LogP contribution is -2.63. The quantitative estimate of drug-likeness (QED) is 0.633. The minimum absolute atomic E-state index is 0.0475. The van der Waals surface area contributed by atoms with E-state index in [1.54, 1.807) is 4.90 Å². The molecule has 5 nitrogen and oxygen atoms in total. The van der Waals surface area contributed by atoms with E-state index in [0.717, 1.165) is 25.7 Å². The molecule has 4 fully saturated rings. The van der Waals surface area contributed by atoms with Crippen molar-refractivity contribution in [1.29, 1.82) is 0 Å². The molecule has 170 valence electrons. The zero-order valence-corrected chi connectivity index (χ0v) is 20.1. The zero-order chi connectivity index (χ0) is 22.2. The van der Waals surface area contributed by atoms with Crippen LogP contribution in [0.1, 0.15) is 86.5 Å². The highest BCUT2D eigenvalue weighted by atomic mass is 16.4. The van der Waals surface area contributed by atoms with E-state index in [9.17, 15) is 14.7 Å². The van der Waals surface area contributed by atoms with Gasteiger partial charge in [0.25, 0.3) is 0 Å². The SMILES string of the molecule is CC1CC(N(C(=O)O)C(C)(C)C)[C@@]2(C)CC[C@@H]3[C@@H](CCC4N(C)C(=O)CC[C@@]43C)[C@H]12. The number of nitrogens with zero attached hydrogens (tertiary/aromatic N) is 2. The molecule has 4 aliphatic rings. The van der Waals surface area contributed by atoms with Gasteiger partial charge >= 0.3 is 6.09 Å². The van der Waals surface area contributed by atoms with Crippen LogP contribution in [0.4, 0.5) is 4.79 Å². The number of carboxylic acid groups (broad SMARTS) is 1. The molecule has 0 aromatic carbocycles. The molecule has 0 aromatic rings. The molecule has 2 amide bonds. The third kappa shape index (κ3) is 2.93. The van der Waals surface area contributed by atoms with Crippen LogP contribution in [0.15, 0.2) is 0 Å². The smallest absolute Gasteiger partial charge is 0.408 e. The molecule has 4 rings (SSSR count). The van der Waals surface area contributed by atoms with Crippen molar-refractivity contribution in [3.05, 3.63) is 0 Å². The topological polar surface area (TPSA) is 60.9 Å². The number of amides is 2. The van der Waals surface area contributed by atoms with E-state index in [2.05, 4.69) is 25.7 Å². The Labute approximate surface area is 182 Å². The van der Waals surface area contributed by atoms with Crippen molar-refractivity contribution in [2.45, 2.75) is 104 Å². The van der Waals surface area contributed by atoms with Gasteiger partial charge in [0.15, 0.2) is 0 Å². The highest BCUT2D eigenvalue weighted by molar-refractivity contribution is 5.77. The number of piperidine rings is 1. The van der Waals surface area contributed by atoms with Crippen molar-refractivity contribution in [3.8, 4) is 0 Å². The molecule has 3 unspecified atom stereocenters. The predicted octanol–water partition coefficient (Wildman–Crippen LogP) is 5.24. The summed E-state index contributed by atoms with van der Waals surface area (Å²) in [6.45, 7) is 13.3. The van der Waals surface area contributed by atoms with Crippen molar-refractivity contribution < 1.29 is 14.7 Å². The first-order valence-corrected chi connectivity index (χ1v) is 12.1. The molecule has 8 atom stereocenters. The van der Waals surface area contributed by atoms with Gasteiger partial charge in [-0.15, -0.1) is 0 Å². The summed E-state index contributed by atoms with van der Waals surface area (Å²) in [7, 11) is 2.01. The summed E-state index contributed by atoms with van der Waals surface area (Å²) in [6.07, 6.45) is 6.48. The number of carbonyl (C=O) groups is 2. The maximum atomic E-state index is 12.4. The lowest BCUT2D eigenvalue weighted by atomic mass is 9.46. The van der Waals surface area contributed by atoms with Gasteiger partial charge in [0.2, 0.25) is 5.91 Å². The van der Waals surface area contributed by atoms with Gasteiger partial charge in [-0.05, 0) is 93.8 Å². The van der Waals surface area contributed by atoms with Crippen LogP contribution in [0.25, 0.3) is 0 Å². The first-order valence-electron chi connectivity index (χ1n) is 12.1. The maximum absolute atomic E-state index is 12.4. The lowest BCUT2D eigenvalue weighted by Gasteiger charge is -2.62. The highest BCUT2D eigenvalue weighted by Gasteiger charge is 2.64. The summed E-state index contributed by atoms with van der Waals surface area (Å²) in [5.41, 5.74) is -0.131. The van der Waals surface area contributed by atoms with Crippen LogP contribution < -0.4 is 0 Å². The Kier molecular flexibility index (Phi) is 5.03. The van der Waals surface area contributed by atoms with Gasteiger partial charge in [0.1, 0.15) is 0 Å². The molecule has 1 saturated heterocycles. The molecule has 3 saturated carbocycles. The number of hydrogen-bond donors (Lipinski definition) is 1. The van der Waals surface area contributed by atoms with Gasteiger partial charge in [-0.2, -0.15) is 0 Å². The first kappa shape index (κ1) is 22.0. The van der Waals surface area contributed by atoms with E-state index in [4.69, 9.17) is 0 Å². The molecular formula is C25H42N2O3. The zero-order valence-electron chi connectivity index (χ0n) is 20.1. The second-order valence-electron chi connectivity index (χ2n) is 12.5. The number of likely N-dealkylation sites (tertiary alicyclic amines) is 1. The fourth-order valence-corrected chi connectivity index (χ4v) is 8.94. The first-order chi connectivity index (χ1) is 13.8. The Bertz CT molecular complexity index is 730. The standard InChI is InChI=1S/C25H42N2O3/c1-15-14-19(27(22(29)30)23(2,3)4)25(6)12-10-17-16(21(15)25)8-9-18-24(17,5)13-11-20(28)26(18)7/h15-19,21H,8-14H2,1-7H3,(H,29,30)/t15?,16-,17-,18?,19?,21+,24-,25-/m1/s1. The predicted molar refractivity (Wildman–Crippen MR) is 118 cm³/mol. The molecule has 0 spiro atoms. The van der Waals surface area contributed by atoms with Gasteiger partial charge in [-0.1, -0.05) is 20.8 Å². The minimum atomic E-state index is -0.771. The summed E-state index contributed by atoms with van der Waals surface area (Å²) >= 11 is 0. The summed E-state index contributed by atoms with van der Waals surface area (Å²) in [5, 5.41) is 10.1. The third-order valence-corrected chi connectivity index (χ3v) is 10.1. The van der Waals surface area contributed by atoms with Gasteiger partial charge in [0.05, 0.1) is 0 Å². The Morgan fingerprint density at radius 1 is 1.13 bits per heavy atom. The van der Waals surface area contributed by atoms with E-state index in [0.29, 0.717) is 42.0 Å². The van der Waals surface area contributed by atoms with E-state index >= 15 is 0 Å². The fourth-order valence-electron chi connectivity index (χ4n) is 8.94. The Morgan fingerprint density at radius 3 is 2.40 bits per heavy atom. The maximum Gasteiger partial charge on any atom is 0.408 e. The van der Waals surface area contributed by atoms with E-state index in [1.807, 2.05) is 27.8 Å². The molecule has 0 radical (unpaired) electrons. The average molecular weight is 419 g/mol. The molecule has 3 aliphatic carbocycles. The highest BCUT2D eigenvalue weighted by Crippen LogP contribution is 2.67. The monoisotopic (exact) mass is 418 g/mol. The second kappa shape index (κ2) is 6.87. The summed E-state index contributed by atoms with van der Waals surface area (Å²) in [5.74, 6) is 2.74. The number of carbonyl (C=O) groups excluding carboxylic acids is 1. The van der Waals surface area contributed by atoms with Crippen LogP contribution in [-0.4, -0.2) is 51.6 Å². The molecule has 0 bridgehead atoms. The molecule has 0 aromatic heterocycles. The molecule has 1 aliphatic heterocycles. The van der Waals surface area contributed by atoms with Crippen LogP contribution in [0.5, 0.6) is 0 Å². The van der Waals surface area contributed by atoms with Crippen LogP contribution >= 0.6 is 0 Å². The van der Waals surface area contributed by atoms with Gasteiger partial charge in [0, 0.05) is 31.1 Å². The summed E-state index contributed by atoms with van der Waals surface area (Å²) < 4.78 is 0. The number of rotatable bonds is 1. The van der Waals surface area contributed by atoms with E-state index < -0.39 is 6.09 Å². The molecule has 5 heteroatoms. The van der Waals surface area contributed by atoms with Gasteiger partial charge in [-0.3, -0.25) is 9.69 Å². The van der Waals surface area contributed by atoms with E-state index in [1.165, 1.54) is 12.8 Å². The van der Waals surface area contributed by atoms with Crippen molar-refractivity contribution >= 4 is 12.0 Å². The Hall–Kier alpha value is -1.26. The minimum Gasteiger partial charge on any atom is -0.465 e. The Balaban J connectivity index is 1.67. The summed E-state index contributed by atoms with van der Waals surface area (Å²) in [4.78, 5) is 28.5. The molecular weight excluding hydrogens is 376 g/mol. The van der Waals surface area contributed by atoms with Crippen molar-refractivity contribution in [2.75, 3.05) is 7.05 Å². The third-order valence-electron chi connectivity index (χ3n) is 10.1. The van der Waals surface area contributed by atoms with Crippen molar-refractivity contribution in [2.24, 2.45) is 34.5 Å². The van der Waals surface area contributed by atoms with Crippen LogP contribution in [0.2, 0.25) is 0 Å². The summed E-state index contributed by atoms with van der Waals surface area (Å²) in [6, 6.07) is 0.471. The molecule has 1 heterocycles. The van der Waals surface area contributed by atoms with Crippen LogP contribution in [0, 0.1) is 34.5 Å². The van der Waals surface area contributed by atoms with E-state index in [-0.39, 0.29) is 22.4 Å². The van der Waals surface area contributed by atoms with Crippen molar-refractivity contribution in [1.82, 2.24) is 9.80 Å². The normalized spacial score (nSPS) is 46.1. The Morgan fingerprint density at radius 2 is 1.80 bits per heavy atom. The average Bonchev–Trinajstić information content (AvgIpc) is 2.88. The number of fused-ring (bicyclic) bond motifs is 5. The van der Waals surface area contributed by atoms with Gasteiger partial charge < -0.3 is 10.0 Å². The largest absolute Gasteiger partial charge is 0.465 e. The molecule has 1 N–H and O–H groups in total. The van der Waals surface area contributed by atoms with Crippen LogP contribution in [0.3, 0.4) is 0 Å². The van der Waals surface area contributed by atoms with Gasteiger partial charge in [-0.25, -0.2) is 4.79 Å². The fraction of sp³-hybridized carbons (Fsp3) is 0.920. The molecule has 30 heavy (non-hydrogen) atoms. The van der Waals surface area contributed by atoms with Crippen molar-refractivity contribution in [3.63, 3.8) is 0 Å².